The number of anilines is 1. The van der Waals surface area contributed by atoms with E-state index in [2.05, 4.69) is 15.3 Å². The predicted molar refractivity (Wildman–Crippen MR) is 130 cm³/mol. The number of nitrogens with zero attached hydrogens (tertiary/aromatic N) is 4. The predicted octanol–water partition coefficient (Wildman–Crippen LogP) is 2.47. The summed E-state index contributed by atoms with van der Waals surface area (Å²) in [5, 5.41) is 2.76. The van der Waals surface area contributed by atoms with Crippen molar-refractivity contribution >= 4 is 23.4 Å². The number of amides is 3. The number of aromatic nitrogens is 2. The summed E-state index contributed by atoms with van der Waals surface area (Å²) in [6.45, 7) is 6.78. The van der Waals surface area contributed by atoms with Gasteiger partial charge in [-0.15, -0.1) is 0 Å². The van der Waals surface area contributed by atoms with Crippen LogP contribution >= 0.6 is 0 Å². The van der Waals surface area contributed by atoms with E-state index in [1.165, 1.54) is 18.6 Å². The van der Waals surface area contributed by atoms with Gasteiger partial charge in [-0.25, -0.2) is 4.98 Å². The summed E-state index contributed by atoms with van der Waals surface area (Å²) < 4.78 is 11.8. The van der Waals surface area contributed by atoms with E-state index < -0.39 is 5.91 Å². The summed E-state index contributed by atoms with van der Waals surface area (Å²) in [5.74, 6) is -0.312. The van der Waals surface area contributed by atoms with Crippen molar-refractivity contribution in [2.45, 2.75) is 39.3 Å². The summed E-state index contributed by atoms with van der Waals surface area (Å²) >= 11 is 0. The molecular formula is C25H33N5O5. The van der Waals surface area contributed by atoms with Crippen LogP contribution in [0.15, 0.2) is 36.8 Å². The van der Waals surface area contributed by atoms with Gasteiger partial charge >= 0.3 is 0 Å². The molecule has 2 heterocycles. The molecule has 2 aromatic rings. The molecule has 1 aromatic heterocycles. The summed E-state index contributed by atoms with van der Waals surface area (Å²) in [6, 6.07) is 4.63. The highest BCUT2D eigenvalue weighted by Crippen LogP contribution is 2.27. The van der Waals surface area contributed by atoms with E-state index in [-0.39, 0.29) is 42.2 Å². The first-order valence-electron chi connectivity index (χ1n) is 11.7. The summed E-state index contributed by atoms with van der Waals surface area (Å²) in [6.07, 6.45) is 4.41. The molecule has 1 N–H and O–H groups in total. The van der Waals surface area contributed by atoms with Crippen LogP contribution in [-0.2, 0) is 9.53 Å². The van der Waals surface area contributed by atoms with Crippen molar-refractivity contribution in [2.24, 2.45) is 5.92 Å². The molecule has 188 valence electrons. The zero-order valence-corrected chi connectivity index (χ0v) is 20.9. The smallest absolute Gasteiger partial charge is 0.275 e. The Morgan fingerprint density at radius 2 is 2.00 bits per heavy atom. The lowest BCUT2D eigenvalue weighted by atomic mass is 10.0. The van der Waals surface area contributed by atoms with E-state index in [1.807, 2.05) is 20.8 Å². The lowest BCUT2D eigenvalue weighted by molar-refractivity contribution is -0.135. The number of methoxy groups -OCH3 is 1. The molecule has 3 amide bonds. The third-order valence-corrected chi connectivity index (χ3v) is 6.12. The second-order valence-electron chi connectivity index (χ2n) is 8.75. The number of rotatable bonds is 4. The average molecular weight is 484 g/mol. The van der Waals surface area contributed by atoms with Crippen LogP contribution in [0.2, 0.25) is 0 Å². The lowest BCUT2D eigenvalue weighted by Gasteiger charge is -2.36. The summed E-state index contributed by atoms with van der Waals surface area (Å²) in [7, 11) is 3.32. The number of fused-ring (bicyclic) bond motifs is 1. The van der Waals surface area contributed by atoms with Crippen molar-refractivity contribution < 1.29 is 23.9 Å². The van der Waals surface area contributed by atoms with Gasteiger partial charge in [-0.05, 0) is 19.1 Å². The van der Waals surface area contributed by atoms with Gasteiger partial charge in [-0.3, -0.25) is 19.4 Å². The molecular weight excluding hydrogens is 450 g/mol. The molecule has 1 aromatic carbocycles. The Bertz CT molecular complexity index is 1050. The number of carbonyl (C=O) groups excluding carboxylic acids is 3. The molecule has 1 aliphatic rings. The van der Waals surface area contributed by atoms with Gasteiger partial charge in [0.15, 0.2) is 0 Å². The summed E-state index contributed by atoms with van der Waals surface area (Å²) in [4.78, 5) is 49.8. The Balaban J connectivity index is 1.94. The molecule has 10 heteroatoms. The van der Waals surface area contributed by atoms with Gasteiger partial charge in [0.25, 0.3) is 11.8 Å². The highest BCUT2D eigenvalue weighted by atomic mass is 16.5. The molecule has 0 saturated heterocycles. The largest absolute Gasteiger partial charge is 0.491 e. The monoisotopic (exact) mass is 483 g/mol. The van der Waals surface area contributed by atoms with Crippen LogP contribution in [0.5, 0.6) is 5.75 Å². The van der Waals surface area contributed by atoms with Crippen LogP contribution < -0.4 is 10.1 Å². The number of carbonyl (C=O) groups is 3. The Hall–Kier alpha value is -3.53. The topological polar surface area (TPSA) is 114 Å². The molecule has 3 atom stereocenters. The Labute approximate surface area is 205 Å². The van der Waals surface area contributed by atoms with Crippen molar-refractivity contribution in [1.82, 2.24) is 19.8 Å². The van der Waals surface area contributed by atoms with Gasteiger partial charge in [-0.1, -0.05) is 13.8 Å². The van der Waals surface area contributed by atoms with Gasteiger partial charge < -0.3 is 24.6 Å². The van der Waals surface area contributed by atoms with Crippen molar-refractivity contribution in [1.29, 1.82) is 0 Å². The number of likely N-dealkylation sites (N-methyl/N-ethyl adjacent to an activating group) is 1. The fraction of sp³-hybridized carbons (Fsp3) is 0.480. The van der Waals surface area contributed by atoms with Gasteiger partial charge in [0, 0.05) is 63.7 Å². The molecule has 35 heavy (non-hydrogen) atoms. The van der Waals surface area contributed by atoms with Gasteiger partial charge in [0.1, 0.15) is 18.1 Å². The average Bonchev–Trinajstić information content (AvgIpc) is 2.87. The zero-order chi connectivity index (χ0) is 25.5. The van der Waals surface area contributed by atoms with Gasteiger partial charge in [-0.2, -0.15) is 0 Å². The molecule has 3 rings (SSSR count). The first kappa shape index (κ1) is 26.1. The maximum absolute atomic E-state index is 13.3. The number of hydrogen-bond donors (Lipinski definition) is 1. The highest BCUT2D eigenvalue weighted by molar-refractivity contribution is 6.03. The van der Waals surface area contributed by atoms with Crippen LogP contribution in [0.3, 0.4) is 0 Å². The van der Waals surface area contributed by atoms with Crippen LogP contribution in [0, 0.1) is 5.92 Å². The van der Waals surface area contributed by atoms with Crippen molar-refractivity contribution in [2.75, 3.05) is 39.2 Å². The molecule has 0 bridgehead atoms. The maximum Gasteiger partial charge on any atom is 0.275 e. The summed E-state index contributed by atoms with van der Waals surface area (Å²) in [5.41, 5.74) is 0.965. The number of benzene rings is 1. The molecule has 0 aliphatic carbocycles. The van der Waals surface area contributed by atoms with Crippen molar-refractivity contribution in [3.63, 3.8) is 0 Å². The molecule has 0 spiro atoms. The van der Waals surface area contributed by atoms with E-state index in [4.69, 9.17) is 9.47 Å². The second kappa shape index (κ2) is 11.7. The third-order valence-electron chi connectivity index (χ3n) is 6.12. The SMILES string of the molecule is CCC(=O)N1C[C@@H](C)[C@H](OC)CN(C)C(=O)c2ccc(NC(=O)c3cnccn3)cc2OC[C@@H]1C. The van der Waals surface area contributed by atoms with E-state index >= 15 is 0 Å². The quantitative estimate of drug-likeness (QED) is 0.711. The van der Waals surface area contributed by atoms with Crippen molar-refractivity contribution in [3.05, 3.63) is 48.0 Å². The van der Waals surface area contributed by atoms with E-state index in [0.717, 1.165) is 0 Å². The van der Waals surface area contributed by atoms with E-state index in [1.54, 1.807) is 42.2 Å². The van der Waals surface area contributed by atoms with Crippen LogP contribution in [0.25, 0.3) is 0 Å². The third kappa shape index (κ3) is 6.33. The Kier molecular flexibility index (Phi) is 8.75. The molecule has 10 nitrogen and oxygen atoms in total. The Morgan fingerprint density at radius 3 is 2.66 bits per heavy atom. The Morgan fingerprint density at radius 1 is 1.23 bits per heavy atom. The number of nitrogens with one attached hydrogen (secondary N) is 1. The normalized spacial score (nSPS) is 21.3. The van der Waals surface area contributed by atoms with E-state index in [0.29, 0.717) is 36.5 Å². The first-order valence-corrected chi connectivity index (χ1v) is 11.7. The maximum atomic E-state index is 13.3. The minimum atomic E-state index is -0.431. The zero-order valence-electron chi connectivity index (χ0n) is 20.9. The number of ether oxygens (including phenoxy) is 2. The van der Waals surface area contributed by atoms with Gasteiger partial charge in [0.2, 0.25) is 5.91 Å². The fourth-order valence-corrected chi connectivity index (χ4v) is 4.01. The highest BCUT2D eigenvalue weighted by Gasteiger charge is 2.30. The second-order valence-corrected chi connectivity index (χ2v) is 8.75. The van der Waals surface area contributed by atoms with Crippen LogP contribution in [0.4, 0.5) is 5.69 Å². The standard InChI is InChI=1S/C25H33N5O5/c1-6-23(31)30-13-16(2)22(34-5)14-29(4)25(33)19-8-7-18(11-21(19)35-15-17(30)3)28-24(32)20-12-26-9-10-27-20/h7-12,16-17,22H,6,13-15H2,1-5H3,(H,28,32)/t16-,17+,22-/m1/s1. The first-order chi connectivity index (χ1) is 16.7. The molecule has 0 fully saturated rings. The molecule has 0 saturated carbocycles. The van der Waals surface area contributed by atoms with Gasteiger partial charge in [0.05, 0.1) is 23.9 Å². The molecule has 1 aliphatic heterocycles. The number of hydrogen-bond acceptors (Lipinski definition) is 7. The molecule has 0 unspecified atom stereocenters. The minimum absolute atomic E-state index is 0.00534. The van der Waals surface area contributed by atoms with Crippen molar-refractivity contribution in [3.8, 4) is 5.75 Å². The van der Waals surface area contributed by atoms with E-state index in [9.17, 15) is 14.4 Å². The molecule has 0 radical (unpaired) electrons. The minimum Gasteiger partial charge on any atom is -0.491 e. The van der Waals surface area contributed by atoms with Crippen LogP contribution in [-0.4, -0.2) is 83.5 Å². The lowest BCUT2D eigenvalue weighted by Crippen LogP contribution is -2.48. The fourth-order valence-electron chi connectivity index (χ4n) is 4.01. The van der Waals surface area contributed by atoms with Crippen LogP contribution in [0.1, 0.15) is 48.0 Å².